The first kappa shape index (κ1) is 23.9. The fourth-order valence-electron chi connectivity index (χ4n) is 0. The van der Waals surface area contributed by atoms with Gasteiger partial charge in [0.2, 0.25) is 0 Å². The predicted octanol–water partition coefficient (Wildman–Crippen LogP) is -8.54. The Morgan fingerprint density at radius 2 is 0.917 bits per heavy atom. The largest absolute Gasteiger partial charge is 2.00 e. The van der Waals surface area contributed by atoms with Crippen molar-refractivity contribution in [2.45, 2.75) is 0 Å². The monoisotopic (exact) mass is 256 g/mol. The maximum atomic E-state index is 10.5. The Labute approximate surface area is 121 Å². The molecule has 0 aromatic heterocycles. The van der Waals surface area contributed by atoms with Crippen LogP contribution in [-0.2, 0) is 0 Å². The van der Waals surface area contributed by atoms with Crippen LogP contribution in [0.2, 0.25) is 0 Å². The number of rotatable bonds is 0. The van der Waals surface area contributed by atoms with E-state index in [-0.39, 0.29) is 67.3 Å². The molecule has 0 saturated carbocycles. The first-order chi connectivity index (χ1) is 4.00. The van der Waals surface area contributed by atoms with Crippen molar-refractivity contribution in [3.05, 3.63) is 0 Å². The second-order valence-corrected chi connectivity index (χ2v) is 3.11. The van der Waals surface area contributed by atoms with Gasteiger partial charge in [0.05, 0.1) is 0 Å². The van der Waals surface area contributed by atoms with Crippen molar-refractivity contribution in [2.75, 3.05) is 0 Å². The quantitative estimate of drug-likeness (QED) is 0.291. The summed E-state index contributed by atoms with van der Waals surface area (Å²) < 4.78 is 20.7. The third-order valence-electron chi connectivity index (χ3n) is 0. The number of hydrogen-bond acceptors (Lipinski definition) is 6. The molecular weight excluding hydrogens is 253 g/mol. The Kier molecular flexibility index (Phi) is 19.6. The molecule has 0 aliphatic heterocycles. The summed E-state index contributed by atoms with van der Waals surface area (Å²) in [5.41, 5.74) is 0. The summed E-state index contributed by atoms with van der Waals surface area (Å²) in [6, 6.07) is 0. The second kappa shape index (κ2) is 9.85. The van der Waals surface area contributed by atoms with Gasteiger partial charge in [0, 0.05) is 0 Å². The minimum Gasteiger partial charge on any atom is -0.857 e. The molecule has 0 unspecified atom stereocenters. The molecule has 0 saturated heterocycles. The van der Waals surface area contributed by atoms with Gasteiger partial charge in [-0.3, -0.25) is 0 Å². The van der Waals surface area contributed by atoms with Crippen LogP contribution in [0.1, 0.15) is 0 Å². The fourth-order valence-corrected chi connectivity index (χ4v) is 0. The maximum Gasteiger partial charge on any atom is 2.00 e. The Hall–Kier alpha value is 2.31. The average molecular weight is 256 g/mol. The molecule has 3 N–H and O–H groups in total. The van der Waals surface area contributed by atoms with Crippen LogP contribution in [0.3, 0.4) is 0 Å². The van der Waals surface area contributed by atoms with E-state index in [4.69, 9.17) is 28.8 Å². The third-order valence-corrected chi connectivity index (χ3v) is 0. The summed E-state index contributed by atoms with van der Waals surface area (Å²) in [6.07, 6.45) is 0. The van der Waals surface area contributed by atoms with E-state index in [0.29, 0.717) is 0 Å². The first-order valence-corrected chi connectivity index (χ1v) is 4.98. The smallest absolute Gasteiger partial charge is 0.857 e. The summed E-state index contributed by atoms with van der Waals surface area (Å²) in [6.45, 7) is 0. The molecule has 0 amide bonds. The molecule has 0 aromatic rings. The maximum absolute atomic E-state index is 10.5. The molecule has 12 heteroatoms. The zero-order chi connectivity index (χ0) is 9.00. The molecular formula is H3CaF2NaO6Si2. The van der Waals surface area contributed by atoms with E-state index in [1.54, 1.807) is 0 Å². The molecule has 12 heavy (non-hydrogen) atoms. The van der Waals surface area contributed by atoms with E-state index in [0.717, 1.165) is 0 Å². The van der Waals surface area contributed by atoms with Crippen LogP contribution >= 0.6 is 0 Å². The molecule has 0 bridgehead atoms. The van der Waals surface area contributed by atoms with Gasteiger partial charge in [0.15, 0.2) is 0 Å². The summed E-state index contributed by atoms with van der Waals surface area (Å²) in [5, 5.41) is 0. The Morgan fingerprint density at radius 1 is 0.917 bits per heavy atom. The van der Waals surface area contributed by atoms with Gasteiger partial charge in [-0.15, -0.1) is 0 Å². The standard InChI is InChI=1S/Ca.FH3O3Si.FO3Si.Na/c;2*1-5(2,3)4;/h;2-4H;;/q+2;;-3;+1. The second-order valence-electron chi connectivity index (χ2n) is 1.04. The van der Waals surface area contributed by atoms with Crippen LogP contribution < -0.4 is 43.9 Å². The van der Waals surface area contributed by atoms with Crippen LogP contribution in [0.25, 0.3) is 0 Å². The average Bonchev–Trinajstić information content (AvgIpc) is 1.12. The van der Waals surface area contributed by atoms with Crippen molar-refractivity contribution >= 4 is 56.0 Å². The van der Waals surface area contributed by atoms with Crippen molar-refractivity contribution in [1.82, 2.24) is 0 Å². The summed E-state index contributed by atoms with van der Waals surface area (Å²) >= 11 is 0. The van der Waals surface area contributed by atoms with Crippen LogP contribution in [-0.4, -0.2) is 70.4 Å². The molecule has 0 radical (unpaired) electrons. The molecule has 64 valence electrons. The predicted molar refractivity (Wildman–Crippen MR) is 26.1 cm³/mol. The minimum atomic E-state index is -5.86. The topological polar surface area (TPSA) is 130 Å². The van der Waals surface area contributed by atoms with Crippen LogP contribution in [0.15, 0.2) is 0 Å². The summed E-state index contributed by atoms with van der Waals surface area (Å²) in [7, 11) is -11.0. The van der Waals surface area contributed by atoms with Crippen molar-refractivity contribution in [1.29, 1.82) is 0 Å². The molecule has 0 atom stereocenters. The van der Waals surface area contributed by atoms with Gasteiger partial charge in [-0.05, 0) is 0 Å². The SMILES string of the molecule is O[Si](O)(O)F.[Ca+2].[Na+].[O-][Si]([O-])([O-])F. The van der Waals surface area contributed by atoms with E-state index in [9.17, 15) is 8.22 Å². The van der Waals surface area contributed by atoms with Gasteiger partial charge in [-0.25, -0.2) is 4.11 Å². The molecule has 0 aliphatic rings. The van der Waals surface area contributed by atoms with Gasteiger partial charge in [0.1, 0.15) is 0 Å². The van der Waals surface area contributed by atoms with E-state index in [1.807, 2.05) is 0 Å². The van der Waals surface area contributed by atoms with Crippen molar-refractivity contribution in [2.24, 2.45) is 0 Å². The van der Waals surface area contributed by atoms with E-state index >= 15 is 0 Å². The molecule has 0 aromatic carbocycles. The van der Waals surface area contributed by atoms with Gasteiger partial charge in [-0.1, -0.05) is 9.14 Å². The minimum absolute atomic E-state index is 0. The Bertz CT molecular complexity index is 66.5. The molecule has 0 heterocycles. The van der Waals surface area contributed by atoms with Crippen molar-refractivity contribution < 1.29 is 66.5 Å². The van der Waals surface area contributed by atoms with Crippen LogP contribution in [0.4, 0.5) is 8.22 Å². The zero-order valence-corrected chi connectivity index (χ0v) is 12.2. The van der Waals surface area contributed by atoms with Crippen LogP contribution in [0.5, 0.6) is 0 Å². The van der Waals surface area contributed by atoms with E-state index in [2.05, 4.69) is 0 Å². The van der Waals surface area contributed by atoms with Gasteiger partial charge >= 0.3 is 76.4 Å². The Balaban J connectivity index is -0.0000000457. The molecule has 6 nitrogen and oxygen atoms in total. The third kappa shape index (κ3) is 294. The van der Waals surface area contributed by atoms with Crippen LogP contribution in [0, 0.1) is 0 Å². The van der Waals surface area contributed by atoms with E-state index < -0.39 is 18.3 Å². The zero-order valence-electron chi connectivity index (χ0n) is 6.03. The van der Waals surface area contributed by atoms with Crippen molar-refractivity contribution in [3.63, 3.8) is 0 Å². The first-order valence-electron chi connectivity index (χ1n) is 1.66. The van der Waals surface area contributed by atoms with Gasteiger partial charge in [-0.2, -0.15) is 0 Å². The number of halogens is 2. The van der Waals surface area contributed by atoms with Crippen molar-refractivity contribution in [3.8, 4) is 0 Å². The Morgan fingerprint density at radius 3 is 0.917 bits per heavy atom. The molecule has 0 spiro atoms. The van der Waals surface area contributed by atoms with Gasteiger partial charge < -0.3 is 32.9 Å². The molecule has 0 aliphatic carbocycles. The number of hydrogen-bond donors (Lipinski definition) is 3. The molecule has 0 fully saturated rings. The molecule has 0 rings (SSSR count). The summed E-state index contributed by atoms with van der Waals surface area (Å²) in [5.74, 6) is 0. The summed E-state index contributed by atoms with van der Waals surface area (Å²) in [4.78, 5) is 46.7. The normalized spacial score (nSPS) is 10.0. The fraction of sp³-hybridized carbons (Fsp3) is 0. The van der Waals surface area contributed by atoms with Gasteiger partial charge in [0.25, 0.3) is 0 Å². The van der Waals surface area contributed by atoms with E-state index in [1.165, 1.54) is 0 Å².